The molecule has 1 aliphatic rings. The van der Waals surface area contributed by atoms with Gasteiger partial charge in [-0.1, -0.05) is 60.7 Å². The number of rotatable bonds is 5. The van der Waals surface area contributed by atoms with Gasteiger partial charge >= 0.3 is 6.18 Å². The molecule has 0 bridgehead atoms. The van der Waals surface area contributed by atoms with Crippen molar-refractivity contribution in [3.8, 4) is 11.1 Å². The van der Waals surface area contributed by atoms with Crippen LogP contribution in [0, 0.1) is 0 Å². The van der Waals surface area contributed by atoms with Gasteiger partial charge in [0.15, 0.2) is 6.10 Å². The van der Waals surface area contributed by atoms with Gasteiger partial charge in [-0.05, 0) is 39.9 Å². The minimum absolute atomic E-state index is 0.0362. The number of halogens is 3. The minimum Gasteiger partial charge on any atom is -0.378 e. The highest BCUT2D eigenvalue weighted by molar-refractivity contribution is 5.92. The Morgan fingerprint density at radius 1 is 0.875 bits per heavy atom. The summed E-state index contributed by atoms with van der Waals surface area (Å²) in [5.74, 6) is -2.30. The lowest BCUT2D eigenvalue weighted by Crippen LogP contribution is -2.49. The fourth-order valence-corrected chi connectivity index (χ4v) is 4.11. The Kier molecular flexibility index (Phi) is 5.48. The van der Waals surface area contributed by atoms with Gasteiger partial charge in [-0.3, -0.25) is 9.59 Å². The molecule has 2 atom stereocenters. The van der Waals surface area contributed by atoms with E-state index in [1.54, 1.807) is 0 Å². The molecule has 0 aliphatic heterocycles. The third-order valence-corrected chi connectivity index (χ3v) is 5.62. The largest absolute Gasteiger partial charge is 0.416 e. The summed E-state index contributed by atoms with van der Waals surface area (Å²) in [5, 5.41) is 12.9. The van der Waals surface area contributed by atoms with E-state index in [2.05, 4.69) is 5.32 Å². The molecule has 3 aromatic rings. The maximum absolute atomic E-state index is 12.8. The second-order valence-electron chi connectivity index (χ2n) is 7.56. The summed E-state index contributed by atoms with van der Waals surface area (Å²) in [7, 11) is 0. The SMILES string of the molecule is NC(=O)[C@H](NC(=O)[C@H](O)c1ccc(C(F)(F)F)cc1)C1c2ccccc2-c2ccccc21. The first-order valence-electron chi connectivity index (χ1n) is 9.81. The van der Waals surface area contributed by atoms with Crippen molar-refractivity contribution < 1.29 is 27.9 Å². The van der Waals surface area contributed by atoms with Crippen molar-refractivity contribution in [2.24, 2.45) is 5.73 Å². The molecule has 0 aromatic heterocycles. The lowest BCUT2D eigenvalue weighted by atomic mass is 9.88. The summed E-state index contributed by atoms with van der Waals surface area (Å²) < 4.78 is 38.3. The number of carbonyl (C=O) groups is 2. The summed E-state index contributed by atoms with van der Waals surface area (Å²) >= 11 is 0. The van der Waals surface area contributed by atoms with E-state index >= 15 is 0 Å². The van der Waals surface area contributed by atoms with Crippen LogP contribution in [0.3, 0.4) is 0 Å². The molecule has 5 nitrogen and oxygen atoms in total. The topological polar surface area (TPSA) is 92.4 Å². The number of nitrogens with one attached hydrogen (secondary N) is 1. The lowest BCUT2D eigenvalue weighted by Gasteiger charge is -2.25. The van der Waals surface area contributed by atoms with Gasteiger partial charge in [0.25, 0.3) is 5.91 Å². The molecular weight excluding hydrogens is 421 g/mol. The third kappa shape index (κ3) is 3.85. The molecule has 3 aromatic carbocycles. The molecule has 32 heavy (non-hydrogen) atoms. The minimum atomic E-state index is -4.54. The highest BCUT2D eigenvalue weighted by Gasteiger charge is 2.39. The first-order valence-corrected chi connectivity index (χ1v) is 9.81. The lowest BCUT2D eigenvalue weighted by molar-refractivity contribution is -0.137. The van der Waals surface area contributed by atoms with Crippen LogP contribution in [0.25, 0.3) is 11.1 Å². The van der Waals surface area contributed by atoms with E-state index in [0.717, 1.165) is 46.5 Å². The number of aliphatic hydroxyl groups excluding tert-OH is 1. The van der Waals surface area contributed by atoms with Crippen molar-refractivity contribution >= 4 is 11.8 Å². The van der Waals surface area contributed by atoms with Gasteiger partial charge in [0, 0.05) is 5.92 Å². The highest BCUT2D eigenvalue weighted by Crippen LogP contribution is 2.46. The molecule has 2 amide bonds. The molecule has 164 valence electrons. The molecule has 1 aliphatic carbocycles. The Morgan fingerprint density at radius 3 is 1.84 bits per heavy atom. The number of hydrogen-bond acceptors (Lipinski definition) is 3. The molecular formula is C24H19F3N2O3. The monoisotopic (exact) mass is 440 g/mol. The number of hydrogen-bond donors (Lipinski definition) is 3. The Balaban J connectivity index is 1.62. The van der Waals surface area contributed by atoms with Crippen LogP contribution < -0.4 is 11.1 Å². The van der Waals surface area contributed by atoms with Crippen molar-refractivity contribution in [3.63, 3.8) is 0 Å². The smallest absolute Gasteiger partial charge is 0.378 e. The molecule has 4 N–H and O–H groups in total. The fourth-order valence-electron chi connectivity index (χ4n) is 4.11. The molecule has 0 unspecified atom stereocenters. The van der Waals surface area contributed by atoms with Gasteiger partial charge < -0.3 is 16.2 Å². The van der Waals surface area contributed by atoms with E-state index < -0.39 is 41.6 Å². The van der Waals surface area contributed by atoms with Crippen molar-refractivity contribution in [3.05, 3.63) is 95.1 Å². The van der Waals surface area contributed by atoms with Crippen LogP contribution in [0.2, 0.25) is 0 Å². The number of benzene rings is 3. The highest BCUT2D eigenvalue weighted by atomic mass is 19.4. The van der Waals surface area contributed by atoms with Crippen LogP contribution in [0.5, 0.6) is 0 Å². The van der Waals surface area contributed by atoms with E-state index in [-0.39, 0.29) is 5.56 Å². The van der Waals surface area contributed by atoms with Crippen LogP contribution >= 0.6 is 0 Å². The summed E-state index contributed by atoms with van der Waals surface area (Å²) in [6, 6.07) is 17.3. The number of aliphatic hydroxyl groups is 1. The van der Waals surface area contributed by atoms with Gasteiger partial charge in [0.1, 0.15) is 6.04 Å². The van der Waals surface area contributed by atoms with Crippen LogP contribution in [0.15, 0.2) is 72.8 Å². The van der Waals surface area contributed by atoms with E-state index in [1.807, 2.05) is 48.5 Å². The molecule has 0 saturated heterocycles. The number of fused-ring (bicyclic) bond motifs is 3. The standard InChI is InChI=1S/C24H19F3N2O3/c25-24(26,27)14-11-9-13(10-12-14)21(30)23(32)29-20(22(28)31)19-17-7-3-1-5-15(17)16-6-2-4-8-18(16)19/h1-12,19-21,30H,(H2,28,31)(H,29,32)/t20-,21-/m1/s1. The van der Waals surface area contributed by atoms with Crippen molar-refractivity contribution in [1.29, 1.82) is 0 Å². The second-order valence-corrected chi connectivity index (χ2v) is 7.56. The normalized spacial score (nSPS) is 14.9. The zero-order valence-electron chi connectivity index (χ0n) is 16.6. The van der Waals surface area contributed by atoms with Crippen LogP contribution in [0.4, 0.5) is 13.2 Å². The Bertz CT molecular complexity index is 1130. The zero-order valence-corrected chi connectivity index (χ0v) is 16.6. The number of alkyl halides is 3. The van der Waals surface area contributed by atoms with Gasteiger partial charge in [-0.15, -0.1) is 0 Å². The van der Waals surface area contributed by atoms with Gasteiger partial charge in [0.2, 0.25) is 5.91 Å². The molecule has 0 spiro atoms. The molecule has 8 heteroatoms. The number of nitrogens with two attached hydrogens (primary N) is 1. The predicted octanol–water partition coefficient (Wildman–Crippen LogP) is 3.52. The van der Waals surface area contributed by atoms with Crippen LogP contribution in [-0.4, -0.2) is 23.0 Å². The molecule has 0 saturated carbocycles. The number of amides is 2. The Labute approximate surface area is 181 Å². The number of carbonyl (C=O) groups excluding carboxylic acids is 2. The molecule has 4 rings (SSSR count). The average molecular weight is 440 g/mol. The van der Waals surface area contributed by atoms with Crippen molar-refractivity contribution in [2.75, 3.05) is 0 Å². The van der Waals surface area contributed by atoms with E-state index in [9.17, 15) is 27.9 Å². The van der Waals surface area contributed by atoms with Crippen LogP contribution in [-0.2, 0) is 15.8 Å². The maximum atomic E-state index is 12.8. The third-order valence-electron chi connectivity index (χ3n) is 5.62. The summed E-state index contributed by atoms with van der Waals surface area (Å²) in [6.07, 6.45) is -6.31. The van der Waals surface area contributed by atoms with Crippen molar-refractivity contribution in [2.45, 2.75) is 24.2 Å². The predicted molar refractivity (Wildman–Crippen MR) is 111 cm³/mol. The molecule has 0 radical (unpaired) electrons. The van der Waals surface area contributed by atoms with E-state index in [1.165, 1.54) is 0 Å². The fraction of sp³-hybridized carbons (Fsp3) is 0.167. The summed E-state index contributed by atoms with van der Waals surface area (Å²) in [6.45, 7) is 0. The molecule has 0 heterocycles. The average Bonchev–Trinajstić information content (AvgIpc) is 3.10. The Hall–Kier alpha value is -3.65. The van der Waals surface area contributed by atoms with Gasteiger partial charge in [0.05, 0.1) is 5.56 Å². The van der Waals surface area contributed by atoms with E-state index in [0.29, 0.717) is 0 Å². The first kappa shape index (κ1) is 21.6. The van der Waals surface area contributed by atoms with E-state index in [4.69, 9.17) is 5.73 Å². The summed E-state index contributed by atoms with van der Waals surface area (Å²) in [5.41, 5.74) is 8.13. The van der Waals surface area contributed by atoms with Gasteiger partial charge in [-0.25, -0.2) is 0 Å². The summed E-state index contributed by atoms with van der Waals surface area (Å²) in [4.78, 5) is 25.1. The molecule has 0 fully saturated rings. The maximum Gasteiger partial charge on any atom is 0.416 e. The van der Waals surface area contributed by atoms with Crippen molar-refractivity contribution in [1.82, 2.24) is 5.32 Å². The Morgan fingerprint density at radius 2 is 1.38 bits per heavy atom. The van der Waals surface area contributed by atoms with Crippen LogP contribution in [0.1, 0.15) is 34.3 Å². The zero-order chi connectivity index (χ0) is 23.0. The van der Waals surface area contributed by atoms with Gasteiger partial charge in [-0.2, -0.15) is 13.2 Å². The number of primary amides is 1. The first-order chi connectivity index (χ1) is 15.2. The quantitative estimate of drug-likeness (QED) is 0.567. The second kappa shape index (κ2) is 8.12.